The van der Waals surface area contributed by atoms with Gasteiger partial charge in [0.2, 0.25) is 0 Å². The zero-order valence-electron chi connectivity index (χ0n) is 13.0. The molecule has 21 heavy (non-hydrogen) atoms. The monoisotopic (exact) mass is 285 g/mol. The van der Waals surface area contributed by atoms with Crippen molar-refractivity contribution in [2.45, 2.75) is 39.7 Å². The summed E-state index contributed by atoms with van der Waals surface area (Å²) >= 11 is 0. The summed E-state index contributed by atoms with van der Waals surface area (Å²) < 4.78 is 7.51. The summed E-state index contributed by atoms with van der Waals surface area (Å²) in [6.45, 7) is 7.21. The van der Waals surface area contributed by atoms with Crippen molar-refractivity contribution in [1.82, 2.24) is 9.78 Å². The summed E-state index contributed by atoms with van der Waals surface area (Å²) in [5.41, 5.74) is 10.0. The molecule has 0 saturated heterocycles. The van der Waals surface area contributed by atoms with Crippen molar-refractivity contribution in [3.63, 3.8) is 0 Å². The lowest BCUT2D eigenvalue weighted by Gasteiger charge is -2.33. The first-order chi connectivity index (χ1) is 10.00. The Morgan fingerprint density at radius 2 is 2.05 bits per heavy atom. The molecular weight excluding hydrogens is 262 g/mol. The average molecular weight is 285 g/mol. The zero-order chi connectivity index (χ0) is 15.0. The summed E-state index contributed by atoms with van der Waals surface area (Å²) in [6, 6.07) is 8.15. The Hall–Kier alpha value is -1.81. The van der Waals surface area contributed by atoms with E-state index in [2.05, 4.69) is 18.9 Å². The van der Waals surface area contributed by atoms with Crippen LogP contribution >= 0.6 is 0 Å². The molecule has 1 aliphatic rings. The highest BCUT2D eigenvalue weighted by atomic mass is 16.5. The van der Waals surface area contributed by atoms with Crippen molar-refractivity contribution in [2.24, 2.45) is 11.1 Å². The minimum absolute atomic E-state index is 0.0835. The van der Waals surface area contributed by atoms with Crippen LogP contribution in [0.2, 0.25) is 0 Å². The molecule has 0 fully saturated rings. The van der Waals surface area contributed by atoms with E-state index in [4.69, 9.17) is 10.5 Å². The van der Waals surface area contributed by atoms with Gasteiger partial charge >= 0.3 is 0 Å². The fourth-order valence-corrected chi connectivity index (χ4v) is 3.18. The summed E-state index contributed by atoms with van der Waals surface area (Å²) in [7, 11) is 0. The molecular formula is C17H23N3O. The van der Waals surface area contributed by atoms with E-state index in [1.54, 1.807) is 0 Å². The molecule has 1 aromatic carbocycles. The third-order valence-electron chi connectivity index (χ3n) is 4.11. The van der Waals surface area contributed by atoms with E-state index in [-0.39, 0.29) is 11.5 Å². The molecule has 1 aliphatic carbocycles. The van der Waals surface area contributed by atoms with Crippen LogP contribution in [0.15, 0.2) is 30.5 Å². The Labute approximate surface area is 125 Å². The largest absolute Gasteiger partial charge is 0.494 e. The second-order valence-electron chi connectivity index (χ2n) is 6.54. The van der Waals surface area contributed by atoms with Crippen molar-refractivity contribution in [3.05, 3.63) is 41.7 Å². The molecule has 0 radical (unpaired) electrons. The molecule has 0 saturated carbocycles. The number of hydrogen-bond acceptors (Lipinski definition) is 3. The second kappa shape index (κ2) is 5.19. The molecule has 0 bridgehead atoms. The highest BCUT2D eigenvalue weighted by Gasteiger charge is 2.33. The summed E-state index contributed by atoms with van der Waals surface area (Å²) in [4.78, 5) is 0. The van der Waals surface area contributed by atoms with Gasteiger partial charge in [-0.3, -0.25) is 0 Å². The molecule has 0 aliphatic heterocycles. The second-order valence-corrected chi connectivity index (χ2v) is 6.54. The highest BCUT2D eigenvalue weighted by Crippen LogP contribution is 2.40. The molecule has 4 heteroatoms. The van der Waals surface area contributed by atoms with Crippen LogP contribution in [-0.2, 0) is 6.42 Å². The average Bonchev–Trinajstić information content (AvgIpc) is 2.82. The molecule has 1 unspecified atom stereocenters. The highest BCUT2D eigenvalue weighted by molar-refractivity contribution is 5.41. The third kappa shape index (κ3) is 2.68. The number of hydrogen-bond donors (Lipinski definition) is 1. The van der Waals surface area contributed by atoms with E-state index < -0.39 is 0 Å². The Bertz CT molecular complexity index is 628. The van der Waals surface area contributed by atoms with Gasteiger partial charge in [-0.1, -0.05) is 13.8 Å². The SMILES string of the molecule is CCOc1ccc(-n2ncc3c2CC(C)(C)CC3N)cc1. The van der Waals surface area contributed by atoms with Gasteiger partial charge in [0.1, 0.15) is 5.75 Å². The van der Waals surface area contributed by atoms with E-state index in [9.17, 15) is 0 Å². The van der Waals surface area contributed by atoms with Crippen molar-refractivity contribution in [2.75, 3.05) is 6.61 Å². The Kier molecular flexibility index (Phi) is 3.49. The lowest BCUT2D eigenvalue weighted by molar-refractivity contribution is 0.278. The van der Waals surface area contributed by atoms with Gasteiger partial charge in [0.05, 0.1) is 18.5 Å². The molecule has 2 N–H and O–H groups in total. The first kappa shape index (κ1) is 14.1. The molecule has 4 nitrogen and oxygen atoms in total. The van der Waals surface area contributed by atoms with Crippen LogP contribution in [0, 0.1) is 5.41 Å². The van der Waals surface area contributed by atoms with Gasteiger partial charge < -0.3 is 10.5 Å². The Morgan fingerprint density at radius 1 is 1.33 bits per heavy atom. The fourth-order valence-electron chi connectivity index (χ4n) is 3.18. The smallest absolute Gasteiger partial charge is 0.119 e. The van der Waals surface area contributed by atoms with Gasteiger partial charge in [-0.2, -0.15) is 5.10 Å². The molecule has 2 aromatic rings. The Balaban J connectivity index is 1.97. The van der Waals surface area contributed by atoms with Crippen LogP contribution in [0.3, 0.4) is 0 Å². The van der Waals surface area contributed by atoms with Crippen molar-refractivity contribution < 1.29 is 4.74 Å². The van der Waals surface area contributed by atoms with Gasteiger partial charge in [-0.25, -0.2) is 4.68 Å². The van der Waals surface area contributed by atoms with Gasteiger partial charge in [-0.15, -0.1) is 0 Å². The summed E-state index contributed by atoms with van der Waals surface area (Å²) in [6.07, 6.45) is 3.93. The van der Waals surface area contributed by atoms with E-state index in [1.807, 2.05) is 42.1 Å². The van der Waals surface area contributed by atoms with Crippen LogP contribution in [-0.4, -0.2) is 16.4 Å². The van der Waals surface area contributed by atoms with Gasteiger partial charge in [0.15, 0.2) is 0 Å². The quantitative estimate of drug-likeness (QED) is 0.942. The summed E-state index contributed by atoms with van der Waals surface area (Å²) in [5, 5.41) is 4.56. The normalized spacial score (nSPS) is 20.1. The maximum atomic E-state index is 6.30. The molecule has 1 heterocycles. The minimum atomic E-state index is 0.0835. The lowest BCUT2D eigenvalue weighted by atomic mass is 9.74. The number of fused-ring (bicyclic) bond motifs is 1. The van der Waals surface area contributed by atoms with Crippen molar-refractivity contribution >= 4 is 0 Å². The topological polar surface area (TPSA) is 53.1 Å². The van der Waals surface area contributed by atoms with Crippen LogP contribution in [0.4, 0.5) is 0 Å². The molecule has 3 rings (SSSR count). The molecule has 1 atom stereocenters. The van der Waals surface area contributed by atoms with Gasteiger partial charge in [0, 0.05) is 17.3 Å². The maximum Gasteiger partial charge on any atom is 0.119 e. The van der Waals surface area contributed by atoms with Crippen molar-refractivity contribution in [3.8, 4) is 11.4 Å². The van der Waals surface area contributed by atoms with Crippen LogP contribution < -0.4 is 10.5 Å². The molecule has 112 valence electrons. The number of nitrogens with zero attached hydrogens (tertiary/aromatic N) is 2. The lowest BCUT2D eigenvalue weighted by Crippen LogP contribution is -2.30. The number of nitrogens with two attached hydrogens (primary N) is 1. The van der Waals surface area contributed by atoms with Crippen LogP contribution in [0.25, 0.3) is 5.69 Å². The van der Waals surface area contributed by atoms with Gasteiger partial charge in [-0.05, 0) is 49.4 Å². The first-order valence-electron chi connectivity index (χ1n) is 7.56. The number of benzene rings is 1. The van der Waals surface area contributed by atoms with Crippen molar-refractivity contribution in [1.29, 1.82) is 0 Å². The maximum absolute atomic E-state index is 6.30. The van der Waals surface area contributed by atoms with Gasteiger partial charge in [0.25, 0.3) is 0 Å². The summed E-state index contributed by atoms with van der Waals surface area (Å²) in [5.74, 6) is 0.888. The van der Waals surface area contributed by atoms with E-state index >= 15 is 0 Å². The first-order valence-corrected chi connectivity index (χ1v) is 7.56. The van der Waals surface area contributed by atoms with Crippen LogP contribution in [0.1, 0.15) is 44.5 Å². The number of rotatable bonds is 3. The fraction of sp³-hybridized carbons (Fsp3) is 0.471. The van der Waals surface area contributed by atoms with E-state index in [1.165, 1.54) is 11.3 Å². The molecule has 1 aromatic heterocycles. The van der Waals surface area contributed by atoms with E-state index in [0.717, 1.165) is 24.3 Å². The predicted molar refractivity (Wildman–Crippen MR) is 83.8 cm³/mol. The van der Waals surface area contributed by atoms with Crippen LogP contribution in [0.5, 0.6) is 5.75 Å². The molecule has 0 amide bonds. The third-order valence-corrected chi connectivity index (χ3v) is 4.11. The number of aromatic nitrogens is 2. The molecule has 0 spiro atoms. The Morgan fingerprint density at radius 3 is 2.71 bits per heavy atom. The van der Waals surface area contributed by atoms with E-state index in [0.29, 0.717) is 6.61 Å². The zero-order valence-corrected chi connectivity index (χ0v) is 13.0. The standard InChI is InChI=1S/C17H23N3O/c1-4-21-13-7-5-12(6-8-13)20-16-10-17(2,3)9-15(18)14(16)11-19-20/h5-8,11,15H,4,9-10,18H2,1-3H3. The minimum Gasteiger partial charge on any atom is -0.494 e. The number of ether oxygens (including phenoxy) is 1. The predicted octanol–water partition coefficient (Wildman–Crippen LogP) is 3.24.